The average molecular weight is 361 g/mol. The van der Waals surface area contributed by atoms with Gasteiger partial charge in [0.15, 0.2) is 0 Å². The van der Waals surface area contributed by atoms with Gasteiger partial charge in [-0.15, -0.1) is 10.2 Å². The number of aromatic nitrogens is 2. The lowest BCUT2D eigenvalue weighted by molar-refractivity contribution is 0.552. The predicted octanol–water partition coefficient (Wildman–Crippen LogP) is 6.50. The molecular formula is C24H28N2O. The normalized spacial score (nSPS) is 12.7. The number of rotatable bonds is 3. The van der Waals surface area contributed by atoms with Crippen molar-refractivity contribution in [2.24, 2.45) is 0 Å². The van der Waals surface area contributed by atoms with Crippen LogP contribution in [0.25, 0.3) is 23.6 Å². The van der Waals surface area contributed by atoms with Crippen LogP contribution in [0.1, 0.15) is 64.1 Å². The van der Waals surface area contributed by atoms with E-state index in [1.165, 1.54) is 11.1 Å². The van der Waals surface area contributed by atoms with E-state index in [4.69, 9.17) is 4.42 Å². The van der Waals surface area contributed by atoms with Crippen LogP contribution in [0.15, 0.2) is 52.9 Å². The van der Waals surface area contributed by atoms with Crippen molar-refractivity contribution < 1.29 is 4.42 Å². The van der Waals surface area contributed by atoms with Gasteiger partial charge in [-0.3, -0.25) is 0 Å². The second-order valence-corrected chi connectivity index (χ2v) is 8.99. The highest BCUT2D eigenvalue weighted by molar-refractivity contribution is 5.66. The topological polar surface area (TPSA) is 38.9 Å². The van der Waals surface area contributed by atoms with Crippen LogP contribution in [-0.2, 0) is 10.8 Å². The summed E-state index contributed by atoms with van der Waals surface area (Å²) in [6.45, 7) is 13.3. The number of benzene rings is 2. The number of hydrogen-bond acceptors (Lipinski definition) is 3. The van der Waals surface area contributed by atoms with Gasteiger partial charge >= 0.3 is 0 Å². The molecule has 0 spiro atoms. The monoisotopic (exact) mass is 360 g/mol. The van der Waals surface area contributed by atoms with Crippen LogP contribution in [0, 0.1) is 0 Å². The first-order chi connectivity index (χ1) is 12.6. The molecule has 3 rings (SSSR count). The number of hydrogen-bond donors (Lipinski definition) is 0. The number of nitrogens with zero attached hydrogens (tertiary/aromatic N) is 2. The van der Waals surface area contributed by atoms with Gasteiger partial charge in [0.05, 0.1) is 0 Å². The van der Waals surface area contributed by atoms with Crippen LogP contribution in [0.3, 0.4) is 0 Å². The molecule has 1 aromatic heterocycles. The summed E-state index contributed by atoms with van der Waals surface area (Å²) in [5.41, 5.74) is 4.70. The highest BCUT2D eigenvalue weighted by Gasteiger charge is 2.22. The molecule has 0 bridgehead atoms. The van der Waals surface area contributed by atoms with E-state index in [9.17, 15) is 0 Å². The summed E-state index contributed by atoms with van der Waals surface area (Å²) in [6.07, 6.45) is 3.83. The van der Waals surface area contributed by atoms with Gasteiger partial charge < -0.3 is 4.42 Å². The summed E-state index contributed by atoms with van der Waals surface area (Å²) >= 11 is 0. The van der Waals surface area contributed by atoms with E-state index in [2.05, 4.69) is 69.9 Å². The van der Waals surface area contributed by atoms with Crippen LogP contribution < -0.4 is 0 Å². The minimum Gasteiger partial charge on any atom is -0.417 e. The molecule has 0 atom stereocenters. The van der Waals surface area contributed by atoms with Crippen LogP contribution in [-0.4, -0.2) is 10.2 Å². The SMILES string of the molecule is CC(C)(C)c1cc(-c2nnc(/C=C/c3ccccc3)o2)cc(C(C)(C)C)c1. The van der Waals surface area contributed by atoms with Gasteiger partial charge in [0.1, 0.15) is 0 Å². The van der Waals surface area contributed by atoms with Gasteiger partial charge in [-0.2, -0.15) is 0 Å². The van der Waals surface area contributed by atoms with Crippen molar-refractivity contribution in [3.63, 3.8) is 0 Å². The second-order valence-electron chi connectivity index (χ2n) is 8.99. The first-order valence-electron chi connectivity index (χ1n) is 9.36. The molecule has 3 aromatic rings. The Bertz CT molecular complexity index is 906. The fourth-order valence-electron chi connectivity index (χ4n) is 2.77. The van der Waals surface area contributed by atoms with Gasteiger partial charge in [0.2, 0.25) is 11.8 Å². The van der Waals surface area contributed by atoms with Gasteiger partial charge in [0.25, 0.3) is 0 Å². The third kappa shape index (κ3) is 4.73. The molecule has 0 aliphatic carbocycles. The molecule has 0 amide bonds. The smallest absolute Gasteiger partial charge is 0.248 e. The first-order valence-corrected chi connectivity index (χ1v) is 9.36. The van der Waals surface area contributed by atoms with E-state index in [1.54, 1.807) is 0 Å². The molecule has 0 aliphatic heterocycles. The summed E-state index contributed by atoms with van der Waals surface area (Å²) in [5, 5.41) is 8.47. The standard InChI is InChI=1S/C24H28N2O/c1-23(2,3)19-14-18(15-20(16-19)24(4,5)6)22-26-25-21(27-22)13-12-17-10-8-7-9-11-17/h7-16H,1-6H3/b13-12+. The minimum atomic E-state index is 0.0477. The highest BCUT2D eigenvalue weighted by atomic mass is 16.4. The third-order valence-corrected chi connectivity index (χ3v) is 4.57. The van der Waals surface area contributed by atoms with Gasteiger partial charge in [-0.1, -0.05) is 77.9 Å². The van der Waals surface area contributed by atoms with E-state index >= 15 is 0 Å². The van der Waals surface area contributed by atoms with Gasteiger partial charge in [0, 0.05) is 11.6 Å². The summed E-state index contributed by atoms with van der Waals surface area (Å²) in [4.78, 5) is 0. The van der Waals surface area contributed by atoms with Crippen LogP contribution in [0.2, 0.25) is 0 Å². The minimum absolute atomic E-state index is 0.0477. The Kier molecular flexibility index (Phi) is 5.05. The largest absolute Gasteiger partial charge is 0.417 e. The van der Waals surface area contributed by atoms with E-state index in [0.29, 0.717) is 11.8 Å². The summed E-state index contributed by atoms with van der Waals surface area (Å²) < 4.78 is 5.92. The molecule has 3 heteroatoms. The second kappa shape index (κ2) is 7.15. The Morgan fingerprint density at radius 2 is 1.33 bits per heavy atom. The molecule has 140 valence electrons. The fraction of sp³-hybridized carbons (Fsp3) is 0.333. The maximum Gasteiger partial charge on any atom is 0.248 e. The zero-order valence-corrected chi connectivity index (χ0v) is 17.1. The Balaban J connectivity index is 1.97. The molecule has 0 saturated heterocycles. The molecule has 0 radical (unpaired) electrons. The van der Waals surface area contributed by atoms with E-state index in [1.807, 2.05) is 42.5 Å². The molecular weight excluding hydrogens is 332 g/mol. The molecule has 27 heavy (non-hydrogen) atoms. The quantitative estimate of drug-likeness (QED) is 0.535. The third-order valence-electron chi connectivity index (χ3n) is 4.57. The molecule has 0 unspecified atom stereocenters. The molecule has 1 heterocycles. The van der Waals surface area contributed by atoms with Crippen molar-refractivity contribution in [1.82, 2.24) is 10.2 Å². The zero-order chi connectivity index (χ0) is 19.7. The maximum atomic E-state index is 5.92. The Hall–Kier alpha value is -2.68. The Labute approximate surface area is 162 Å². The molecule has 3 nitrogen and oxygen atoms in total. The summed E-state index contributed by atoms with van der Waals surface area (Å²) in [6, 6.07) is 16.7. The summed E-state index contributed by atoms with van der Waals surface area (Å²) in [5.74, 6) is 1.06. The van der Waals surface area contributed by atoms with Crippen molar-refractivity contribution in [1.29, 1.82) is 0 Å². The van der Waals surface area contributed by atoms with Crippen molar-refractivity contribution in [3.05, 3.63) is 71.1 Å². The lowest BCUT2D eigenvalue weighted by Gasteiger charge is -2.25. The molecule has 0 aliphatic rings. The van der Waals surface area contributed by atoms with Crippen LogP contribution >= 0.6 is 0 Å². The van der Waals surface area contributed by atoms with Crippen LogP contribution in [0.4, 0.5) is 0 Å². The Morgan fingerprint density at radius 3 is 1.89 bits per heavy atom. The molecule has 2 aromatic carbocycles. The molecule has 0 N–H and O–H groups in total. The highest BCUT2D eigenvalue weighted by Crippen LogP contribution is 2.33. The van der Waals surface area contributed by atoms with E-state index < -0.39 is 0 Å². The van der Waals surface area contributed by atoms with Gasteiger partial charge in [-0.05, 0) is 45.7 Å². The zero-order valence-electron chi connectivity index (χ0n) is 17.1. The van der Waals surface area contributed by atoms with Crippen molar-refractivity contribution in [2.45, 2.75) is 52.4 Å². The first kappa shape index (κ1) is 19.1. The van der Waals surface area contributed by atoms with Crippen molar-refractivity contribution >= 4 is 12.2 Å². The lowest BCUT2D eigenvalue weighted by Crippen LogP contribution is -2.16. The van der Waals surface area contributed by atoms with E-state index in [0.717, 1.165) is 11.1 Å². The molecule has 0 fully saturated rings. The molecule has 0 saturated carbocycles. The Morgan fingerprint density at radius 1 is 0.741 bits per heavy atom. The fourth-order valence-corrected chi connectivity index (χ4v) is 2.77. The lowest BCUT2D eigenvalue weighted by atomic mass is 9.79. The predicted molar refractivity (Wildman–Crippen MR) is 113 cm³/mol. The van der Waals surface area contributed by atoms with Crippen LogP contribution in [0.5, 0.6) is 0 Å². The van der Waals surface area contributed by atoms with Crippen molar-refractivity contribution in [2.75, 3.05) is 0 Å². The van der Waals surface area contributed by atoms with E-state index in [-0.39, 0.29) is 10.8 Å². The van der Waals surface area contributed by atoms with Crippen molar-refractivity contribution in [3.8, 4) is 11.5 Å². The average Bonchev–Trinajstić information content (AvgIpc) is 3.08. The maximum absolute atomic E-state index is 5.92. The summed E-state index contributed by atoms with van der Waals surface area (Å²) in [7, 11) is 0. The van der Waals surface area contributed by atoms with Gasteiger partial charge in [-0.25, -0.2) is 0 Å².